The monoisotopic (exact) mass is 248 g/mol. The second-order valence-electron chi connectivity index (χ2n) is 4.40. The molecule has 0 aromatic carbocycles. The van der Waals surface area contributed by atoms with Gasteiger partial charge in [-0.3, -0.25) is 4.79 Å². The van der Waals surface area contributed by atoms with Crippen LogP contribution in [-0.2, 0) is 0 Å². The number of carbonyl (C=O) groups is 1. The van der Waals surface area contributed by atoms with Crippen molar-refractivity contribution in [3.05, 3.63) is 23.7 Å². The topological polar surface area (TPSA) is 105 Å². The van der Waals surface area contributed by atoms with Crippen molar-refractivity contribution in [3.63, 3.8) is 0 Å². The lowest BCUT2D eigenvalue weighted by molar-refractivity contribution is 0.100. The molecule has 0 bridgehead atoms. The van der Waals surface area contributed by atoms with Crippen molar-refractivity contribution >= 4 is 11.6 Å². The second-order valence-corrected chi connectivity index (χ2v) is 4.40. The van der Waals surface area contributed by atoms with Gasteiger partial charge in [-0.25, -0.2) is 9.36 Å². The molecule has 0 saturated carbocycles. The first-order valence-electron chi connectivity index (χ1n) is 5.61. The number of nitrogens with two attached hydrogens (primary N) is 2. The first-order chi connectivity index (χ1) is 8.41. The van der Waals surface area contributed by atoms with Crippen molar-refractivity contribution in [2.24, 2.45) is 5.73 Å². The molecule has 2 aromatic heterocycles. The predicted molar refractivity (Wildman–Crippen MR) is 67.4 cm³/mol. The Kier molecular flexibility index (Phi) is 2.82. The molecule has 0 unspecified atom stereocenters. The van der Waals surface area contributed by atoms with Crippen LogP contribution in [0.5, 0.6) is 0 Å². The van der Waals surface area contributed by atoms with Gasteiger partial charge in [0, 0.05) is 12.2 Å². The highest BCUT2D eigenvalue weighted by atomic mass is 16.1. The van der Waals surface area contributed by atoms with Gasteiger partial charge in [-0.05, 0) is 20.8 Å². The first-order valence-corrected chi connectivity index (χ1v) is 5.61. The van der Waals surface area contributed by atoms with Crippen molar-refractivity contribution in [1.82, 2.24) is 19.6 Å². The summed E-state index contributed by atoms with van der Waals surface area (Å²) in [5.74, 6) is 0.127. The highest BCUT2D eigenvalue weighted by Crippen LogP contribution is 2.23. The molecule has 7 heteroatoms. The summed E-state index contributed by atoms with van der Waals surface area (Å²) >= 11 is 0. The van der Waals surface area contributed by atoms with E-state index in [9.17, 15) is 4.79 Å². The summed E-state index contributed by atoms with van der Waals surface area (Å²) in [4.78, 5) is 11.1. The maximum atomic E-state index is 11.1. The minimum absolute atomic E-state index is 0.136. The quantitative estimate of drug-likeness (QED) is 0.831. The predicted octanol–water partition coefficient (Wildman–Crippen LogP) is 0.639. The fourth-order valence-corrected chi connectivity index (χ4v) is 1.70. The fourth-order valence-electron chi connectivity index (χ4n) is 1.70. The minimum Gasteiger partial charge on any atom is -0.394 e. The lowest BCUT2D eigenvalue weighted by Crippen LogP contribution is -2.12. The molecule has 0 spiro atoms. The molecule has 2 aromatic rings. The number of hydrogen-bond donors (Lipinski definition) is 2. The number of amides is 1. The van der Waals surface area contributed by atoms with E-state index in [1.165, 1.54) is 10.9 Å². The van der Waals surface area contributed by atoms with Gasteiger partial charge >= 0.3 is 0 Å². The standard InChI is InChI=1S/C11H16N6O/c1-6(2)17-11(9(12)7(3)15-17)16-5-8(4-14-16)10(13)18/h4-6H,12H2,1-3H3,(H2,13,18). The summed E-state index contributed by atoms with van der Waals surface area (Å²) < 4.78 is 3.29. The van der Waals surface area contributed by atoms with Crippen molar-refractivity contribution in [2.45, 2.75) is 26.8 Å². The van der Waals surface area contributed by atoms with E-state index >= 15 is 0 Å². The maximum absolute atomic E-state index is 11.1. The number of nitrogen functional groups attached to an aromatic ring is 1. The molecule has 18 heavy (non-hydrogen) atoms. The van der Waals surface area contributed by atoms with E-state index in [2.05, 4.69) is 10.2 Å². The lowest BCUT2D eigenvalue weighted by atomic mass is 10.3. The maximum Gasteiger partial charge on any atom is 0.251 e. The normalized spacial score (nSPS) is 11.1. The number of anilines is 1. The largest absolute Gasteiger partial charge is 0.394 e. The number of nitrogens with zero attached hydrogens (tertiary/aromatic N) is 4. The van der Waals surface area contributed by atoms with Crippen LogP contribution in [0.4, 0.5) is 5.69 Å². The summed E-state index contributed by atoms with van der Waals surface area (Å²) in [5, 5.41) is 8.45. The molecule has 0 saturated heterocycles. The SMILES string of the molecule is Cc1nn(C(C)C)c(-n2cc(C(N)=O)cn2)c1N. The van der Waals surface area contributed by atoms with Crippen LogP contribution in [0.3, 0.4) is 0 Å². The number of rotatable bonds is 3. The Morgan fingerprint density at radius 1 is 1.44 bits per heavy atom. The van der Waals surface area contributed by atoms with E-state index in [4.69, 9.17) is 11.5 Å². The second kappa shape index (κ2) is 4.17. The molecular weight excluding hydrogens is 232 g/mol. The van der Waals surface area contributed by atoms with Gasteiger partial charge in [0.25, 0.3) is 5.91 Å². The summed E-state index contributed by atoms with van der Waals surface area (Å²) in [6.45, 7) is 5.82. The molecule has 4 N–H and O–H groups in total. The van der Waals surface area contributed by atoms with E-state index in [1.807, 2.05) is 20.8 Å². The van der Waals surface area contributed by atoms with Gasteiger partial charge < -0.3 is 11.5 Å². The van der Waals surface area contributed by atoms with E-state index in [0.717, 1.165) is 5.69 Å². The number of primary amides is 1. The van der Waals surface area contributed by atoms with E-state index in [0.29, 0.717) is 17.1 Å². The van der Waals surface area contributed by atoms with Crippen LogP contribution in [0.1, 0.15) is 35.9 Å². The Morgan fingerprint density at radius 2 is 2.11 bits per heavy atom. The van der Waals surface area contributed by atoms with Gasteiger partial charge in [-0.2, -0.15) is 10.2 Å². The highest BCUT2D eigenvalue weighted by molar-refractivity contribution is 5.92. The third-order valence-corrected chi connectivity index (χ3v) is 2.68. The highest BCUT2D eigenvalue weighted by Gasteiger charge is 2.18. The molecule has 1 amide bonds. The molecular formula is C11H16N6O. The lowest BCUT2D eigenvalue weighted by Gasteiger charge is -2.10. The summed E-state index contributed by atoms with van der Waals surface area (Å²) in [6.07, 6.45) is 2.96. The molecule has 0 atom stereocenters. The van der Waals surface area contributed by atoms with Crippen molar-refractivity contribution in [2.75, 3.05) is 5.73 Å². The van der Waals surface area contributed by atoms with Crippen LogP contribution in [0.15, 0.2) is 12.4 Å². The fraction of sp³-hybridized carbons (Fsp3) is 0.364. The van der Waals surface area contributed by atoms with E-state index in [-0.39, 0.29) is 6.04 Å². The van der Waals surface area contributed by atoms with Gasteiger partial charge in [-0.15, -0.1) is 0 Å². The molecule has 0 radical (unpaired) electrons. The smallest absolute Gasteiger partial charge is 0.251 e. The Labute approximate surface area is 104 Å². The number of aromatic nitrogens is 4. The molecule has 0 aliphatic rings. The average Bonchev–Trinajstić information content (AvgIpc) is 2.85. The van der Waals surface area contributed by atoms with Crippen LogP contribution < -0.4 is 11.5 Å². The van der Waals surface area contributed by atoms with Gasteiger partial charge in [0.15, 0.2) is 5.82 Å². The molecule has 7 nitrogen and oxygen atoms in total. The third kappa shape index (κ3) is 1.83. The Morgan fingerprint density at radius 3 is 2.61 bits per heavy atom. The Bertz CT molecular complexity index is 595. The van der Waals surface area contributed by atoms with Gasteiger partial charge in [-0.1, -0.05) is 0 Å². The summed E-state index contributed by atoms with van der Waals surface area (Å²) in [6, 6.07) is 0.136. The average molecular weight is 248 g/mol. The van der Waals surface area contributed by atoms with Crippen LogP contribution in [0, 0.1) is 6.92 Å². The Balaban J connectivity index is 2.58. The summed E-state index contributed by atoms with van der Waals surface area (Å²) in [5.41, 5.74) is 12.8. The zero-order chi connectivity index (χ0) is 13.4. The van der Waals surface area contributed by atoms with Crippen LogP contribution in [0.2, 0.25) is 0 Å². The van der Waals surface area contributed by atoms with Crippen molar-refractivity contribution in [1.29, 1.82) is 0 Å². The number of hydrogen-bond acceptors (Lipinski definition) is 4. The zero-order valence-electron chi connectivity index (χ0n) is 10.6. The van der Waals surface area contributed by atoms with Crippen LogP contribution in [0.25, 0.3) is 5.82 Å². The van der Waals surface area contributed by atoms with Crippen molar-refractivity contribution < 1.29 is 4.79 Å². The van der Waals surface area contributed by atoms with Gasteiger partial charge in [0.1, 0.15) is 0 Å². The van der Waals surface area contributed by atoms with Gasteiger partial charge in [0.2, 0.25) is 0 Å². The molecule has 0 aliphatic heterocycles. The third-order valence-electron chi connectivity index (χ3n) is 2.68. The minimum atomic E-state index is -0.521. The molecule has 96 valence electrons. The molecule has 2 heterocycles. The van der Waals surface area contributed by atoms with Crippen LogP contribution >= 0.6 is 0 Å². The number of carbonyl (C=O) groups excluding carboxylic acids is 1. The van der Waals surface area contributed by atoms with E-state index in [1.54, 1.807) is 10.9 Å². The summed E-state index contributed by atoms with van der Waals surface area (Å²) in [7, 11) is 0. The molecule has 0 aliphatic carbocycles. The van der Waals surface area contributed by atoms with E-state index < -0.39 is 5.91 Å². The van der Waals surface area contributed by atoms with Crippen molar-refractivity contribution in [3.8, 4) is 5.82 Å². The van der Waals surface area contributed by atoms with Gasteiger partial charge in [0.05, 0.1) is 23.1 Å². The first kappa shape index (κ1) is 12.2. The van der Waals surface area contributed by atoms with Crippen LogP contribution in [-0.4, -0.2) is 25.5 Å². The zero-order valence-corrected chi connectivity index (χ0v) is 10.6. The Hall–Kier alpha value is -2.31. The number of aryl methyl sites for hydroxylation is 1. The molecule has 2 rings (SSSR count). The molecule has 0 fully saturated rings.